The second-order valence-electron chi connectivity index (χ2n) is 6.11. The predicted molar refractivity (Wildman–Crippen MR) is 90.9 cm³/mol. The molecule has 4 N–H and O–H groups in total. The van der Waals surface area contributed by atoms with E-state index in [0.29, 0.717) is 11.1 Å². The van der Waals surface area contributed by atoms with Crippen LogP contribution >= 0.6 is 0 Å². The first-order chi connectivity index (χ1) is 11.2. The molecule has 0 amide bonds. The largest absolute Gasteiger partial charge is 0.376 e. The first kappa shape index (κ1) is 16.1. The summed E-state index contributed by atoms with van der Waals surface area (Å²) in [5.74, 6) is 0. The predicted octanol–water partition coefficient (Wildman–Crippen LogP) is 1.58. The van der Waals surface area contributed by atoms with Crippen LogP contribution in [0.1, 0.15) is 24.0 Å². The molecular weight excluding hydrogens is 288 g/mol. The molecule has 3 rings (SSSR count). The van der Waals surface area contributed by atoms with Gasteiger partial charge < -0.3 is 15.5 Å². The average molecular weight is 312 g/mol. The normalized spacial score (nSPS) is 20.2. The van der Waals surface area contributed by atoms with Crippen LogP contribution in [-0.2, 0) is 5.60 Å². The van der Waals surface area contributed by atoms with E-state index in [1.165, 1.54) is 0 Å². The summed E-state index contributed by atoms with van der Waals surface area (Å²) in [7, 11) is 0. The fourth-order valence-electron chi connectivity index (χ4n) is 3.20. The molecule has 4 nitrogen and oxygen atoms in total. The van der Waals surface area contributed by atoms with E-state index in [4.69, 9.17) is 0 Å². The standard InChI is InChI=1S/C19H24N2O2/c22-18(21-17-12-7-13-20-14-17)19(23,15-8-3-1-4-9-15)16-10-5-2-6-11-16/h1-6,8-11,17-18,20-23H,7,12-14H2. The van der Waals surface area contributed by atoms with E-state index < -0.39 is 11.8 Å². The van der Waals surface area contributed by atoms with Crippen LogP contribution < -0.4 is 10.6 Å². The Bertz CT molecular complexity index is 558. The van der Waals surface area contributed by atoms with Gasteiger partial charge in [0.05, 0.1) is 0 Å². The maximum Gasteiger partial charge on any atom is 0.154 e. The highest BCUT2D eigenvalue weighted by Crippen LogP contribution is 2.32. The Kier molecular flexibility index (Phi) is 5.08. The molecule has 2 atom stereocenters. The molecule has 122 valence electrons. The Balaban J connectivity index is 1.91. The summed E-state index contributed by atoms with van der Waals surface area (Å²) in [6, 6.07) is 18.8. The van der Waals surface area contributed by atoms with Crippen LogP contribution in [-0.4, -0.2) is 35.6 Å². The summed E-state index contributed by atoms with van der Waals surface area (Å²) in [5.41, 5.74) is -0.134. The van der Waals surface area contributed by atoms with Gasteiger partial charge in [0, 0.05) is 12.6 Å². The lowest BCUT2D eigenvalue weighted by Crippen LogP contribution is -2.56. The van der Waals surface area contributed by atoms with E-state index in [1.807, 2.05) is 60.7 Å². The lowest BCUT2D eigenvalue weighted by molar-refractivity contribution is -0.0731. The summed E-state index contributed by atoms with van der Waals surface area (Å²) in [5, 5.41) is 28.8. The smallest absolute Gasteiger partial charge is 0.154 e. The van der Waals surface area contributed by atoms with Crippen molar-refractivity contribution in [2.24, 2.45) is 0 Å². The third kappa shape index (κ3) is 3.46. The lowest BCUT2D eigenvalue weighted by atomic mass is 9.84. The quantitative estimate of drug-likeness (QED) is 0.633. The highest BCUT2D eigenvalue weighted by Gasteiger charge is 2.40. The first-order valence-corrected chi connectivity index (χ1v) is 8.19. The van der Waals surface area contributed by atoms with Crippen molar-refractivity contribution in [3.8, 4) is 0 Å². The second-order valence-corrected chi connectivity index (χ2v) is 6.11. The molecule has 0 aliphatic carbocycles. The molecule has 2 unspecified atom stereocenters. The zero-order valence-corrected chi connectivity index (χ0v) is 13.2. The van der Waals surface area contributed by atoms with Crippen molar-refractivity contribution in [3.63, 3.8) is 0 Å². The van der Waals surface area contributed by atoms with Gasteiger partial charge in [0.25, 0.3) is 0 Å². The van der Waals surface area contributed by atoms with Gasteiger partial charge in [-0.3, -0.25) is 5.32 Å². The molecule has 0 radical (unpaired) electrons. The highest BCUT2D eigenvalue weighted by atomic mass is 16.4. The van der Waals surface area contributed by atoms with Crippen LogP contribution in [0.2, 0.25) is 0 Å². The number of benzene rings is 2. The molecule has 1 aliphatic heterocycles. The van der Waals surface area contributed by atoms with E-state index in [2.05, 4.69) is 10.6 Å². The maximum absolute atomic E-state index is 11.4. The van der Waals surface area contributed by atoms with Crippen molar-refractivity contribution >= 4 is 0 Å². The van der Waals surface area contributed by atoms with E-state index in [-0.39, 0.29) is 6.04 Å². The Hall–Kier alpha value is -1.72. The van der Waals surface area contributed by atoms with Gasteiger partial charge in [-0.2, -0.15) is 0 Å². The molecule has 1 aliphatic rings. The van der Waals surface area contributed by atoms with Crippen molar-refractivity contribution in [1.82, 2.24) is 10.6 Å². The zero-order valence-electron chi connectivity index (χ0n) is 13.2. The van der Waals surface area contributed by atoms with Gasteiger partial charge in [-0.15, -0.1) is 0 Å². The molecule has 1 saturated heterocycles. The fraction of sp³-hybridized carbons (Fsp3) is 0.368. The summed E-state index contributed by atoms with van der Waals surface area (Å²) in [4.78, 5) is 0. The van der Waals surface area contributed by atoms with Gasteiger partial charge in [0.2, 0.25) is 0 Å². The van der Waals surface area contributed by atoms with E-state index >= 15 is 0 Å². The van der Waals surface area contributed by atoms with Crippen LogP contribution in [0.15, 0.2) is 60.7 Å². The van der Waals surface area contributed by atoms with Crippen LogP contribution in [0, 0.1) is 0 Å². The number of piperidine rings is 1. The van der Waals surface area contributed by atoms with Crippen molar-refractivity contribution in [2.45, 2.75) is 30.7 Å². The number of rotatable bonds is 5. The number of aliphatic hydroxyl groups excluding tert-OH is 1. The number of hydrogen-bond donors (Lipinski definition) is 4. The van der Waals surface area contributed by atoms with Gasteiger partial charge in [0.15, 0.2) is 5.60 Å². The molecular formula is C19H24N2O2. The first-order valence-electron chi connectivity index (χ1n) is 8.19. The SMILES string of the molecule is OC(NC1CCCNC1)C(O)(c1ccccc1)c1ccccc1. The lowest BCUT2D eigenvalue weighted by Gasteiger charge is -2.37. The minimum absolute atomic E-state index is 0.151. The van der Waals surface area contributed by atoms with Crippen molar-refractivity contribution in [3.05, 3.63) is 71.8 Å². The van der Waals surface area contributed by atoms with Gasteiger partial charge in [0.1, 0.15) is 6.23 Å². The van der Waals surface area contributed by atoms with Gasteiger partial charge >= 0.3 is 0 Å². The van der Waals surface area contributed by atoms with Crippen molar-refractivity contribution in [2.75, 3.05) is 13.1 Å². The molecule has 2 aromatic rings. The molecule has 0 spiro atoms. The molecule has 0 bridgehead atoms. The Morgan fingerprint density at radius 2 is 1.57 bits per heavy atom. The van der Waals surface area contributed by atoms with E-state index in [0.717, 1.165) is 25.9 Å². The van der Waals surface area contributed by atoms with Crippen molar-refractivity contribution in [1.29, 1.82) is 0 Å². The molecule has 1 heterocycles. The highest BCUT2D eigenvalue weighted by molar-refractivity contribution is 5.37. The summed E-state index contributed by atoms with van der Waals surface area (Å²) in [6.07, 6.45) is 0.973. The zero-order chi connectivity index (χ0) is 16.1. The van der Waals surface area contributed by atoms with Crippen molar-refractivity contribution < 1.29 is 10.2 Å². The van der Waals surface area contributed by atoms with E-state index in [1.54, 1.807) is 0 Å². The topological polar surface area (TPSA) is 64.5 Å². The summed E-state index contributed by atoms with van der Waals surface area (Å²) < 4.78 is 0. The summed E-state index contributed by atoms with van der Waals surface area (Å²) >= 11 is 0. The molecule has 4 heteroatoms. The molecule has 23 heavy (non-hydrogen) atoms. The summed E-state index contributed by atoms with van der Waals surface area (Å²) in [6.45, 7) is 1.81. The molecule has 0 saturated carbocycles. The van der Waals surface area contributed by atoms with Gasteiger partial charge in [-0.1, -0.05) is 60.7 Å². The molecule has 0 aromatic heterocycles. The Morgan fingerprint density at radius 1 is 1.00 bits per heavy atom. The minimum atomic E-state index is -1.49. The Labute approximate surface area is 137 Å². The number of aliphatic hydroxyl groups is 2. The maximum atomic E-state index is 11.4. The van der Waals surface area contributed by atoms with Crippen LogP contribution in [0.25, 0.3) is 0 Å². The molecule has 2 aromatic carbocycles. The van der Waals surface area contributed by atoms with Crippen LogP contribution in [0.5, 0.6) is 0 Å². The number of nitrogens with one attached hydrogen (secondary N) is 2. The average Bonchev–Trinajstić information content (AvgIpc) is 2.63. The van der Waals surface area contributed by atoms with E-state index in [9.17, 15) is 10.2 Å². The van der Waals surface area contributed by atoms with Gasteiger partial charge in [-0.05, 0) is 30.5 Å². The third-order valence-corrected chi connectivity index (χ3v) is 4.51. The third-order valence-electron chi connectivity index (χ3n) is 4.51. The second kappa shape index (κ2) is 7.23. The fourth-order valence-corrected chi connectivity index (χ4v) is 3.20. The van der Waals surface area contributed by atoms with Gasteiger partial charge in [-0.25, -0.2) is 0 Å². The van der Waals surface area contributed by atoms with Crippen LogP contribution in [0.3, 0.4) is 0 Å². The van der Waals surface area contributed by atoms with Crippen LogP contribution in [0.4, 0.5) is 0 Å². The Morgan fingerprint density at radius 3 is 2.04 bits per heavy atom. The number of hydrogen-bond acceptors (Lipinski definition) is 4. The minimum Gasteiger partial charge on any atom is -0.376 e. The molecule has 1 fully saturated rings. The monoisotopic (exact) mass is 312 g/mol.